The first-order valence-electron chi connectivity index (χ1n) is 9.02. The molecule has 2 aromatic heterocycles. The van der Waals surface area contributed by atoms with E-state index in [2.05, 4.69) is 9.97 Å². The molecule has 1 aromatic carbocycles. The van der Waals surface area contributed by atoms with E-state index in [9.17, 15) is 9.59 Å². The number of rotatable bonds is 4. The maximum atomic E-state index is 13.1. The standard InChI is InChI=1S/C22H23N3O3/c1-22(2,3)28-20(26)14-25(4)21(27)17-12-19(15-8-7-11-23-13-15)24-18-10-6-5-9-16(17)18/h5-13H,14H2,1-4H3. The zero-order valence-corrected chi connectivity index (χ0v) is 16.5. The minimum absolute atomic E-state index is 0.130. The molecule has 28 heavy (non-hydrogen) atoms. The zero-order valence-electron chi connectivity index (χ0n) is 16.5. The quantitative estimate of drug-likeness (QED) is 0.648. The highest BCUT2D eigenvalue weighted by Gasteiger charge is 2.22. The fraction of sp³-hybridized carbons (Fsp3) is 0.273. The number of likely N-dealkylation sites (N-methyl/N-ethyl adjacent to an activating group) is 1. The van der Waals surface area contributed by atoms with Crippen molar-refractivity contribution >= 4 is 22.8 Å². The number of nitrogens with zero attached hydrogens (tertiary/aromatic N) is 3. The molecule has 6 heteroatoms. The van der Waals surface area contributed by atoms with Gasteiger partial charge >= 0.3 is 5.97 Å². The Morgan fingerprint density at radius 3 is 2.54 bits per heavy atom. The van der Waals surface area contributed by atoms with Gasteiger partial charge in [0.05, 0.1) is 16.8 Å². The van der Waals surface area contributed by atoms with Crippen LogP contribution in [0.15, 0.2) is 54.9 Å². The molecule has 2 heterocycles. The van der Waals surface area contributed by atoms with E-state index in [1.807, 2.05) is 36.4 Å². The molecule has 0 bridgehead atoms. The molecule has 1 amide bonds. The molecular weight excluding hydrogens is 354 g/mol. The molecule has 0 unspecified atom stereocenters. The Kier molecular flexibility index (Phi) is 5.40. The van der Waals surface area contributed by atoms with Gasteiger partial charge in [0.15, 0.2) is 0 Å². The minimum atomic E-state index is -0.599. The summed E-state index contributed by atoms with van der Waals surface area (Å²) in [6.07, 6.45) is 3.39. The molecule has 0 spiro atoms. The van der Waals surface area contributed by atoms with Crippen LogP contribution in [0.3, 0.4) is 0 Å². The van der Waals surface area contributed by atoms with Gasteiger partial charge in [0.1, 0.15) is 12.1 Å². The summed E-state index contributed by atoms with van der Waals surface area (Å²) in [6.45, 7) is 5.25. The molecule has 144 valence electrons. The molecule has 6 nitrogen and oxygen atoms in total. The number of aromatic nitrogens is 2. The predicted octanol–water partition coefficient (Wildman–Crippen LogP) is 3.71. The second kappa shape index (κ2) is 7.76. The van der Waals surface area contributed by atoms with Crippen molar-refractivity contribution in [2.45, 2.75) is 26.4 Å². The molecule has 0 aliphatic rings. The normalized spacial score (nSPS) is 11.3. The molecule has 0 N–H and O–H groups in total. The summed E-state index contributed by atoms with van der Waals surface area (Å²) in [5, 5.41) is 0.733. The molecule has 0 saturated heterocycles. The van der Waals surface area contributed by atoms with E-state index in [0.29, 0.717) is 16.8 Å². The molecule has 0 saturated carbocycles. The van der Waals surface area contributed by atoms with Crippen molar-refractivity contribution < 1.29 is 14.3 Å². The van der Waals surface area contributed by atoms with Gasteiger partial charge in [0.25, 0.3) is 5.91 Å². The summed E-state index contributed by atoms with van der Waals surface area (Å²) in [4.78, 5) is 35.4. The van der Waals surface area contributed by atoms with Gasteiger partial charge in [-0.05, 0) is 45.0 Å². The van der Waals surface area contributed by atoms with Crippen LogP contribution in [0, 0.1) is 0 Å². The van der Waals surface area contributed by atoms with E-state index in [-0.39, 0.29) is 12.5 Å². The average Bonchev–Trinajstić information content (AvgIpc) is 2.65. The van der Waals surface area contributed by atoms with Gasteiger partial charge in [-0.25, -0.2) is 4.98 Å². The fourth-order valence-corrected chi connectivity index (χ4v) is 2.86. The molecule has 3 aromatic rings. The molecule has 0 aliphatic carbocycles. The van der Waals surface area contributed by atoms with Crippen molar-refractivity contribution in [2.75, 3.05) is 13.6 Å². The summed E-state index contributed by atoms with van der Waals surface area (Å²) in [7, 11) is 1.59. The highest BCUT2D eigenvalue weighted by atomic mass is 16.6. The van der Waals surface area contributed by atoms with E-state index >= 15 is 0 Å². The summed E-state index contributed by atoms with van der Waals surface area (Å²) in [5.41, 5.74) is 2.06. The number of fused-ring (bicyclic) bond motifs is 1. The number of ether oxygens (including phenoxy) is 1. The van der Waals surface area contributed by atoms with E-state index in [1.165, 1.54) is 4.90 Å². The van der Waals surface area contributed by atoms with Crippen molar-refractivity contribution in [3.05, 3.63) is 60.4 Å². The summed E-state index contributed by atoms with van der Waals surface area (Å²) >= 11 is 0. The molecular formula is C22H23N3O3. The Balaban J connectivity index is 1.97. The lowest BCUT2D eigenvalue weighted by atomic mass is 10.0. The lowest BCUT2D eigenvalue weighted by Crippen LogP contribution is -2.36. The molecule has 0 atom stereocenters. The van der Waals surface area contributed by atoms with E-state index in [4.69, 9.17) is 4.74 Å². The van der Waals surface area contributed by atoms with Crippen LogP contribution in [-0.2, 0) is 9.53 Å². The van der Waals surface area contributed by atoms with Crippen LogP contribution in [0.25, 0.3) is 22.2 Å². The van der Waals surface area contributed by atoms with Gasteiger partial charge in [-0.15, -0.1) is 0 Å². The van der Waals surface area contributed by atoms with E-state index < -0.39 is 11.6 Å². The maximum Gasteiger partial charge on any atom is 0.326 e. The molecule has 3 rings (SSSR count). The van der Waals surface area contributed by atoms with Crippen molar-refractivity contribution in [1.29, 1.82) is 0 Å². The first kappa shape index (κ1) is 19.5. The summed E-state index contributed by atoms with van der Waals surface area (Å²) in [6, 6.07) is 12.9. The number of pyridine rings is 2. The second-order valence-corrected chi connectivity index (χ2v) is 7.56. The smallest absolute Gasteiger partial charge is 0.326 e. The van der Waals surface area contributed by atoms with Crippen LogP contribution in [-0.4, -0.2) is 45.9 Å². The highest BCUT2D eigenvalue weighted by molar-refractivity contribution is 6.07. The van der Waals surface area contributed by atoms with Crippen molar-refractivity contribution in [3.8, 4) is 11.3 Å². The lowest BCUT2D eigenvalue weighted by molar-refractivity contribution is -0.155. The topological polar surface area (TPSA) is 72.4 Å². The predicted molar refractivity (Wildman–Crippen MR) is 108 cm³/mol. The number of benzene rings is 1. The first-order chi connectivity index (χ1) is 13.2. The van der Waals surface area contributed by atoms with Crippen molar-refractivity contribution in [2.24, 2.45) is 0 Å². The van der Waals surface area contributed by atoms with Crippen LogP contribution in [0.5, 0.6) is 0 Å². The van der Waals surface area contributed by atoms with Crippen LogP contribution >= 0.6 is 0 Å². The number of amides is 1. The zero-order chi connectivity index (χ0) is 20.3. The SMILES string of the molecule is CN(CC(=O)OC(C)(C)C)C(=O)c1cc(-c2cccnc2)nc2ccccc12. The van der Waals surface area contributed by atoms with Crippen molar-refractivity contribution in [1.82, 2.24) is 14.9 Å². The van der Waals surface area contributed by atoms with E-state index in [1.54, 1.807) is 46.3 Å². The van der Waals surface area contributed by atoms with Gasteiger partial charge < -0.3 is 9.64 Å². The van der Waals surface area contributed by atoms with Crippen LogP contribution in [0.1, 0.15) is 31.1 Å². The fourth-order valence-electron chi connectivity index (χ4n) is 2.86. The Morgan fingerprint density at radius 1 is 1.11 bits per heavy atom. The average molecular weight is 377 g/mol. The van der Waals surface area contributed by atoms with E-state index in [0.717, 1.165) is 10.9 Å². The number of hydrogen-bond donors (Lipinski definition) is 0. The van der Waals surface area contributed by atoms with Gasteiger partial charge in [-0.3, -0.25) is 14.6 Å². The Hall–Kier alpha value is -3.28. The van der Waals surface area contributed by atoms with Crippen LogP contribution < -0.4 is 0 Å². The molecule has 0 radical (unpaired) electrons. The van der Waals surface area contributed by atoms with Crippen LogP contribution in [0.2, 0.25) is 0 Å². The number of carbonyl (C=O) groups is 2. The molecule has 0 aliphatic heterocycles. The number of esters is 1. The van der Waals surface area contributed by atoms with Crippen LogP contribution in [0.4, 0.5) is 0 Å². The molecule has 0 fully saturated rings. The third-order valence-corrected chi connectivity index (χ3v) is 4.04. The third kappa shape index (κ3) is 4.52. The lowest BCUT2D eigenvalue weighted by Gasteiger charge is -2.23. The number of carbonyl (C=O) groups excluding carboxylic acids is 2. The van der Waals surface area contributed by atoms with Gasteiger partial charge in [-0.2, -0.15) is 0 Å². The first-order valence-corrected chi connectivity index (χ1v) is 9.02. The number of para-hydroxylation sites is 1. The minimum Gasteiger partial charge on any atom is -0.459 e. The largest absolute Gasteiger partial charge is 0.459 e. The monoisotopic (exact) mass is 377 g/mol. The Morgan fingerprint density at radius 2 is 1.86 bits per heavy atom. The van der Waals surface area contributed by atoms with Gasteiger partial charge in [0, 0.05) is 30.4 Å². The Bertz CT molecular complexity index is 1010. The number of hydrogen-bond acceptors (Lipinski definition) is 5. The Labute approximate surface area is 164 Å². The van der Waals surface area contributed by atoms with Gasteiger partial charge in [0.2, 0.25) is 0 Å². The summed E-state index contributed by atoms with van der Waals surface area (Å²) < 4.78 is 5.32. The maximum absolute atomic E-state index is 13.1. The summed E-state index contributed by atoms with van der Waals surface area (Å²) in [5.74, 6) is -0.719. The van der Waals surface area contributed by atoms with Gasteiger partial charge in [-0.1, -0.05) is 18.2 Å². The van der Waals surface area contributed by atoms with Crippen molar-refractivity contribution in [3.63, 3.8) is 0 Å². The third-order valence-electron chi connectivity index (χ3n) is 4.04. The highest BCUT2D eigenvalue weighted by Crippen LogP contribution is 2.25. The second-order valence-electron chi connectivity index (χ2n) is 7.56.